The Balaban J connectivity index is 2.06. The Kier molecular flexibility index (Phi) is 7.76. The van der Waals surface area contributed by atoms with Crippen molar-refractivity contribution in [2.24, 2.45) is 7.05 Å². The van der Waals surface area contributed by atoms with E-state index in [-0.39, 0.29) is 27.4 Å². The molecule has 0 saturated carbocycles. The van der Waals surface area contributed by atoms with Gasteiger partial charge < -0.3 is 5.32 Å². The maximum Gasteiger partial charge on any atom is 0.295 e. The van der Waals surface area contributed by atoms with Crippen LogP contribution in [0.3, 0.4) is 0 Å². The van der Waals surface area contributed by atoms with Crippen LogP contribution in [0.25, 0.3) is 5.69 Å². The van der Waals surface area contributed by atoms with Gasteiger partial charge >= 0.3 is 0 Å². The molecule has 0 bridgehead atoms. The monoisotopic (exact) mass is 408 g/mol. The summed E-state index contributed by atoms with van der Waals surface area (Å²) >= 11 is 2.05. The molecule has 0 fully saturated rings. The van der Waals surface area contributed by atoms with E-state index in [4.69, 9.17) is 0 Å². The summed E-state index contributed by atoms with van der Waals surface area (Å²) in [5.74, 6) is -0.411. The number of benzene rings is 1. The van der Waals surface area contributed by atoms with Crippen molar-refractivity contribution in [1.82, 2.24) is 13.7 Å². The Morgan fingerprint density at radius 1 is 1.15 bits per heavy atom. The zero-order valence-electron chi connectivity index (χ0n) is 15.9. The van der Waals surface area contributed by atoms with E-state index in [0.29, 0.717) is 11.4 Å². The van der Waals surface area contributed by atoms with Gasteiger partial charge in [-0.3, -0.25) is 19.1 Å². The van der Waals surface area contributed by atoms with Gasteiger partial charge in [-0.2, -0.15) is 0 Å². The summed E-state index contributed by atoms with van der Waals surface area (Å²) in [6.45, 7) is 7.21. The maximum atomic E-state index is 12.8. The Morgan fingerprint density at radius 3 is 2.37 bits per heavy atom. The van der Waals surface area contributed by atoms with Crippen molar-refractivity contribution in [3.63, 3.8) is 0 Å². The number of rotatable bonds is 7. The highest BCUT2D eigenvalue weighted by Gasteiger charge is 2.19. The molecule has 0 spiro atoms. The number of anilines is 1. The summed E-state index contributed by atoms with van der Waals surface area (Å²) < 4.78 is 4.97. The number of amides is 1. The number of aromatic nitrogens is 2. The van der Waals surface area contributed by atoms with E-state index in [0.717, 1.165) is 36.8 Å². The van der Waals surface area contributed by atoms with Crippen molar-refractivity contribution in [2.75, 3.05) is 24.2 Å². The first-order chi connectivity index (χ1) is 12.9. The number of nitrogens with one attached hydrogen (secondary N) is 1. The fourth-order valence-electron chi connectivity index (χ4n) is 2.50. The SMILES string of the molecule is CCN(CC)SC(=O)SCC(=O)Nc1c(C)n(C)n(-c2ccccc2)c1=O. The van der Waals surface area contributed by atoms with Gasteiger partial charge in [0.1, 0.15) is 5.69 Å². The Bertz CT molecular complexity index is 857. The Hall–Kier alpha value is -1.97. The summed E-state index contributed by atoms with van der Waals surface area (Å²) in [6, 6.07) is 9.21. The van der Waals surface area contributed by atoms with Crippen LogP contribution in [0, 0.1) is 6.92 Å². The first-order valence-electron chi connectivity index (χ1n) is 8.62. The molecule has 1 heterocycles. The molecule has 2 rings (SSSR count). The number of hydrogen-bond acceptors (Lipinski definition) is 6. The predicted molar refractivity (Wildman–Crippen MR) is 113 cm³/mol. The van der Waals surface area contributed by atoms with Crippen LogP contribution in [0.4, 0.5) is 10.5 Å². The minimum Gasteiger partial charge on any atom is -0.319 e. The maximum absolute atomic E-state index is 12.8. The highest BCUT2D eigenvalue weighted by molar-refractivity contribution is 8.37. The van der Waals surface area contributed by atoms with Gasteiger partial charge in [0.15, 0.2) is 0 Å². The predicted octanol–water partition coefficient (Wildman–Crippen LogP) is 3.27. The summed E-state index contributed by atoms with van der Waals surface area (Å²) in [7, 11) is 1.76. The molecule has 27 heavy (non-hydrogen) atoms. The zero-order valence-corrected chi connectivity index (χ0v) is 17.5. The second kappa shape index (κ2) is 9.82. The second-order valence-electron chi connectivity index (χ2n) is 5.73. The number of nitrogens with zero attached hydrogens (tertiary/aromatic N) is 3. The average Bonchev–Trinajstić information content (AvgIpc) is 2.88. The second-order valence-corrected chi connectivity index (χ2v) is 8.01. The van der Waals surface area contributed by atoms with Gasteiger partial charge in [0.05, 0.1) is 17.1 Å². The first-order valence-corrected chi connectivity index (χ1v) is 10.4. The van der Waals surface area contributed by atoms with E-state index in [1.807, 2.05) is 48.5 Å². The molecule has 9 heteroatoms. The van der Waals surface area contributed by atoms with Crippen LogP contribution in [0.5, 0.6) is 0 Å². The van der Waals surface area contributed by atoms with E-state index in [9.17, 15) is 14.4 Å². The molecular formula is C18H24N4O3S2. The van der Waals surface area contributed by atoms with Crippen LogP contribution in [0.15, 0.2) is 35.1 Å². The molecule has 1 aromatic heterocycles. The molecule has 2 aromatic rings. The van der Waals surface area contributed by atoms with Gasteiger partial charge in [0.2, 0.25) is 5.91 Å². The number of carbonyl (C=O) groups excluding carboxylic acids is 2. The molecule has 0 radical (unpaired) electrons. The Labute approximate surface area is 167 Å². The van der Waals surface area contributed by atoms with Crippen LogP contribution in [0.2, 0.25) is 0 Å². The van der Waals surface area contributed by atoms with Gasteiger partial charge in [-0.25, -0.2) is 8.99 Å². The number of carbonyl (C=O) groups is 2. The van der Waals surface area contributed by atoms with Gasteiger partial charge in [0.25, 0.3) is 10.0 Å². The fraction of sp³-hybridized carbons (Fsp3) is 0.389. The van der Waals surface area contributed by atoms with Crippen molar-refractivity contribution in [3.8, 4) is 5.69 Å². The van der Waals surface area contributed by atoms with E-state index in [2.05, 4.69) is 5.32 Å². The molecule has 0 aliphatic heterocycles. The van der Waals surface area contributed by atoms with Crippen molar-refractivity contribution in [3.05, 3.63) is 46.4 Å². The van der Waals surface area contributed by atoms with Crippen LogP contribution in [-0.4, -0.2) is 42.9 Å². The minimum atomic E-state index is -0.375. The van der Waals surface area contributed by atoms with E-state index >= 15 is 0 Å². The summed E-state index contributed by atoms with van der Waals surface area (Å²) in [6.07, 6.45) is 0. The highest BCUT2D eigenvalue weighted by Crippen LogP contribution is 2.21. The van der Waals surface area contributed by atoms with Crippen molar-refractivity contribution in [1.29, 1.82) is 0 Å². The third kappa shape index (κ3) is 5.27. The molecule has 146 valence electrons. The van der Waals surface area contributed by atoms with E-state index in [1.165, 1.54) is 4.68 Å². The normalized spacial score (nSPS) is 11.0. The van der Waals surface area contributed by atoms with Gasteiger partial charge in [-0.05, 0) is 19.1 Å². The lowest BCUT2D eigenvalue weighted by atomic mass is 10.3. The topological polar surface area (TPSA) is 76.3 Å². The molecule has 0 aliphatic carbocycles. The molecule has 0 unspecified atom stereocenters. The smallest absolute Gasteiger partial charge is 0.295 e. The summed E-state index contributed by atoms with van der Waals surface area (Å²) in [4.78, 5) is 36.9. The van der Waals surface area contributed by atoms with Crippen molar-refractivity contribution in [2.45, 2.75) is 20.8 Å². The van der Waals surface area contributed by atoms with Gasteiger partial charge in [0, 0.05) is 32.1 Å². The van der Waals surface area contributed by atoms with Crippen molar-refractivity contribution < 1.29 is 9.59 Å². The quantitative estimate of drug-likeness (QED) is 0.709. The molecule has 1 amide bonds. The standard InChI is InChI=1S/C18H24N4O3S2/c1-5-21(6-2)27-18(25)26-12-15(23)19-16-13(3)20(4)22(17(16)24)14-10-8-7-9-11-14/h7-11H,5-6,12H2,1-4H3,(H,19,23). The van der Waals surface area contributed by atoms with E-state index in [1.54, 1.807) is 18.7 Å². The molecule has 0 atom stereocenters. The molecule has 7 nitrogen and oxygen atoms in total. The van der Waals surface area contributed by atoms with Crippen molar-refractivity contribution >= 4 is 39.8 Å². The highest BCUT2D eigenvalue weighted by atomic mass is 32.2. The third-order valence-corrected chi connectivity index (χ3v) is 6.19. The van der Waals surface area contributed by atoms with Crippen LogP contribution in [0.1, 0.15) is 19.5 Å². The molecular weight excluding hydrogens is 384 g/mol. The van der Waals surface area contributed by atoms with E-state index < -0.39 is 0 Å². The third-order valence-electron chi connectivity index (χ3n) is 4.05. The van der Waals surface area contributed by atoms with Gasteiger partial charge in [-0.1, -0.05) is 43.8 Å². The molecule has 0 aliphatic rings. The molecule has 1 N–H and O–H groups in total. The lowest BCUT2D eigenvalue weighted by Crippen LogP contribution is -2.24. The lowest BCUT2D eigenvalue weighted by Gasteiger charge is -2.14. The number of thioether (sulfide) groups is 1. The minimum absolute atomic E-state index is 0.0355. The van der Waals surface area contributed by atoms with Crippen LogP contribution in [-0.2, 0) is 11.8 Å². The largest absolute Gasteiger partial charge is 0.319 e. The summed E-state index contributed by atoms with van der Waals surface area (Å²) in [5, 5.41) is 2.66. The fourth-order valence-corrected chi connectivity index (χ4v) is 3.99. The molecule has 0 saturated heterocycles. The number of para-hydroxylation sites is 1. The van der Waals surface area contributed by atoms with Crippen LogP contribution >= 0.6 is 23.7 Å². The lowest BCUT2D eigenvalue weighted by molar-refractivity contribution is -0.113. The first kappa shape index (κ1) is 21.3. The zero-order chi connectivity index (χ0) is 20.0. The average molecular weight is 409 g/mol. The summed E-state index contributed by atoms with van der Waals surface area (Å²) in [5.41, 5.74) is 1.29. The molecule has 1 aromatic carbocycles. The Morgan fingerprint density at radius 2 is 1.78 bits per heavy atom. The van der Waals surface area contributed by atoms with Gasteiger partial charge in [-0.15, -0.1) is 0 Å². The van der Waals surface area contributed by atoms with Crippen LogP contribution < -0.4 is 10.9 Å². The number of hydrogen-bond donors (Lipinski definition) is 1.